The second-order valence-electron chi connectivity index (χ2n) is 6.32. The van der Waals surface area contributed by atoms with Gasteiger partial charge in [0.05, 0.1) is 0 Å². The molecule has 0 spiro atoms. The van der Waals surface area contributed by atoms with E-state index in [1.165, 1.54) is 18.1 Å². The molecule has 0 fully saturated rings. The van der Waals surface area contributed by atoms with Crippen molar-refractivity contribution in [3.05, 3.63) is 0 Å². The van der Waals surface area contributed by atoms with E-state index in [0.717, 1.165) is 17.8 Å². The standard InChI is InChI=1S/C13H31NSi/c1-11(2)8-15(14-7,9-12(3)4)10-13(5)6/h11-14H,8-10H2,1-7H3. The van der Waals surface area contributed by atoms with Crippen LogP contribution in [0.4, 0.5) is 0 Å². The summed E-state index contributed by atoms with van der Waals surface area (Å²) in [4.78, 5) is 3.75. The summed E-state index contributed by atoms with van der Waals surface area (Å²) in [6, 6.07) is 4.29. The Morgan fingerprint density at radius 1 is 0.733 bits per heavy atom. The Labute approximate surface area is 98.1 Å². The molecule has 0 aromatic carbocycles. The van der Waals surface area contributed by atoms with Gasteiger partial charge in [0.1, 0.15) is 8.24 Å². The van der Waals surface area contributed by atoms with Gasteiger partial charge in [0, 0.05) is 0 Å². The van der Waals surface area contributed by atoms with E-state index in [2.05, 4.69) is 53.6 Å². The maximum atomic E-state index is 3.75. The number of rotatable bonds is 7. The van der Waals surface area contributed by atoms with Gasteiger partial charge in [0.15, 0.2) is 0 Å². The molecule has 1 N–H and O–H groups in total. The van der Waals surface area contributed by atoms with Crippen LogP contribution >= 0.6 is 0 Å². The molecular weight excluding hydrogens is 198 g/mol. The molecule has 92 valence electrons. The van der Waals surface area contributed by atoms with Crippen LogP contribution in [-0.2, 0) is 0 Å². The number of hydrogen-bond donors (Lipinski definition) is 1. The van der Waals surface area contributed by atoms with Gasteiger partial charge >= 0.3 is 0 Å². The van der Waals surface area contributed by atoms with Crippen LogP contribution in [0.1, 0.15) is 41.5 Å². The molecule has 0 aliphatic heterocycles. The third-order valence-electron chi connectivity index (χ3n) is 2.93. The zero-order valence-corrected chi connectivity index (χ0v) is 12.9. The van der Waals surface area contributed by atoms with Crippen molar-refractivity contribution in [3.63, 3.8) is 0 Å². The molecule has 0 aliphatic carbocycles. The van der Waals surface area contributed by atoms with E-state index in [0.29, 0.717) is 0 Å². The highest BCUT2D eigenvalue weighted by molar-refractivity contribution is 6.77. The van der Waals surface area contributed by atoms with E-state index in [9.17, 15) is 0 Å². The lowest BCUT2D eigenvalue weighted by atomic mass is 10.2. The first-order chi connectivity index (χ1) is 6.81. The summed E-state index contributed by atoms with van der Waals surface area (Å²) >= 11 is 0. The van der Waals surface area contributed by atoms with Gasteiger partial charge in [0.25, 0.3) is 0 Å². The zero-order valence-electron chi connectivity index (χ0n) is 11.9. The molecule has 0 unspecified atom stereocenters. The van der Waals surface area contributed by atoms with Gasteiger partial charge in [-0.05, 0) is 42.9 Å². The van der Waals surface area contributed by atoms with Crippen molar-refractivity contribution >= 4 is 8.24 Å². The first kappa shape index (κ1) is 15.2. The minimum atomic E-state index is -1.21. The second-order valence-corrected chi connectivity index (χ2v) is 10.6. The van der Waals surface area contributed by atoms with Crippen molar-refractivity contribution in [2.24, 2.45) is 17.8 Å². The monoisotopic (exact) mass is 229 g/mol. The van der Waals surface area contributed by atoms with Crippen LogP contribution in [0.5, 0.6) is 0 Å². The smallest absolute Gasteiger partial charge is 0.126 e. The Balaban J connectivity index is 4.59. The zero-order chi connectivity index (χ0) is 12.1. The molecule has 1 nitrogen and oxygen atoms in total. The van der Waals surface area contributed by atoms with Crippen molar-refractivity contribution in [2.45, 2.75) is 59.7 Å². The molecule has 0 aromatic rings. The van der Waals surface area contributed by atoms with E-state index in [4.69, 9.17) is 0 Å². The fourth-order valence-corrected chi connectivity index (χ4v) is 8.70. The van der Waals surface area contributed by atoms with Crippen LogP contribution < -0.4 is 4.98 Å². The number of hydrogen-bond acceptors (Lipinski definition) is 1. The summed E-state index contributed by atoms with van der Waals surface area (Å²) in [7, 11) is 0.985. The fraction of sp³-hybridized carbons (Fsp3) is 1.00. The van der Waals surface area contributed by atoms with Crippen LogP contribution in [0.25, 0.3) is 0 Å². The molecule has 2 heteroatoms. The summed E-state index contributed by atoms with van der Waals surface area (Å²) in [5.74, 6) is 2.50. The quantitative estimate of drug-likeness (QED) is 0.648. The predicted molar refractivity (Wildman–Crippen MR) is 73.7 cm³/mol. The van der Waals surface area contributed by atoms with Crippen molar-refractivity contribution in [2.75, 3.05) is 7.05 Å². The average Bonchev–Trinajstić information content (AvgIpc) is 1.99. The lowest BCUT2D eigenvalue weighted by Crippen LogP contribution is -2.51. The Morgan fingerprint density at radius 2 is 1.00 bits per heavy atom. The SMILES string of the molecule is CN[Si](CC(C)C)(CC(C)C)CC(C)C. The van der Waals surface area contributed by atoms with Gasteiger partial charge in [0.2, 0.25) is 0 Å². The summed E-state index contributed by atoms with van der Waals surface area (Å²) < 4.78 is 0. The van der Waals surface area contributed by atoms with Crippen LogP contribution in [0, 0.1) is 17.8 Å². The van der Waals surface area contributed by atoms with Crippen LogP contribution in [0.2, 0.25) is 18.1 Å². The van der Waals surface area contributed by atoms with Crippen molar-refractivity contribution in [1.29, 1.82) is 0 Å². The highest BCUT2D eigenvalue weighted by Gasteiger charge is 2.33. The summed E-state index contributed by atoms with van der Waals surface area (Å²) in [6.07, 6.45) is 0. The second kappa shape index (κ2) is 6.69. The summed E-state index contributed by atoms with van der Waals surface area (Å²) in [6.45, 7) is 14.2. The first-order valence-electron chi connectivity index (χ1n) is 6.50. The largest absolute Gasteiger partial charge is 0.340 e. The molecular formula is C13H31NSi. The van der Waals surface area contributed by atoms with Crippen LogP contribution in [0.15, 0.2) is 0 Å². The summed E-state index contributed by atoms with van der Waals surface area (Å²) in [5.41, 5.74) is 0. The van der Waals surface area contributed by atoms with Crippen molar-refractivity contribution in [1.82, 2.24) is 4.98 Å². The molecule has 15 heavy (non-hydrogen) atoms. The fourth-order valence-electron chi connectivity index (χ4n) is 2.90. The molecule has 0 bridgehead atoms. The van der Waals surface area contributed by atoms with Crippen molar-refractivity contribution in [3.8, 4) is 0 Å². The van der Waals surface area contributed by atoms with E-state index >= 15 is 0 Å². The van der Waals surface area contributed by atoms with Gasteiger partial charge in [-0.1, -0.05) is 41.5 Å². The lowest BCUT2D eigenvalue weighted by molar-refractivity contribution is 0.629. The average molecular weight is 229 g/mol. The normalized spacial score (nSPS) is 13.2. The van der Waals surface area contributed by atoms with Gasteiger partial charge < -0.3 is 4.98 Å². The minimum Gasteiger partial charge on any atom is -0.340 e. The molecule has 0 amide bonds. The van der Waals surface area contributed by atoms with Crippen molar-refractivity contribution < 1.29 is 0 Å². The first-order valence-corrected chi connectivity index (χ1v) is 9.12. The maximum absolute atomic E-state index is 3.75. The molecule has 0 atom stereocenters. The van der Waals surface area contributed by atoms with Crippen LogP contribution in [0.3, 0.4) is 0 Å². The molecule has 0 saturated heterocycles. The maximum Gasteiger partial charge on any atom is 0.126 e. The van der Waals surface area contributed by atoms with Gasteiger partial charge in [-0.2, -0.15) is 0 Å². The van der Waals surface area contributed by atoms with E-state index < -0.39 is 8.24 Å². The Kier molecular flexibility index (Phi) is 6.77. The molecule has 0 heterocycles. The Hall–Kier alpha value is 0.177. The highest BCUT2D eigenvalue weighted by Crippen LogP contribution is 2.29. The van der Waals surface area contributed by atoms with E-state index in [-0.39, 0.29) is 0 Å². The summed E-state index contributed by atoms with van der Waals surface area (Å²) in [5, 5.41) is 0. The van der Waals surface area contributed by atoms with E-state index in [1.54, 1.807) is 0 Å². The Bertz CT molecular complexity index is 137. The van der Waals surface area contributed by atoms with Gasteiger partial charge in [-0.15, -0.1) is 0 Å². The topological polar surface area (TPSA) is 12.0 Å². The van der Waals surface area contributed by atoms with Gasteiger partial charge in [-0.3, -0.25) is 0 Å². The van der Waals surface area contributed by atoms with Gasteiger partial charge in [-0.25, -0.2) is 0 Å². The molecule has 0 rings (SSSR count). The molecule has 0 aliphatic rings. The van der Waals surface area contributed by atoms with E-state index in [1.807, 2.05) is 0 Å². The lowest BCUT2D eigenvalue weighted by Gasteiger charge is -2.36. The predicted octanol–water partition coefficient (Wildman–Crippen LogP) is 4.12. The minimum absolute atomic E-state index is 0.835. The Morgan fingerprint density at radius 3 is 1.13 bits per heavy atom. The van der Waals surface area contributed by atoms with Crippen LogP contribution in [-0.4, -0.2) is 15.3 Å². The number of nitrogens with one attached hydrogen (secondary N) is 1. The third kappa shape index (κ3) is 6.36. The third-order valence-corrected chi connectivity index (χ3v) is 8.78. The highest BCUT2D eigenvalue weighted by atomic mass is 28.3. The molecule has 0 saturated carbocycles. The molecule has 0 aromatic heterocycles. The molecule has 0 radical (unpaired) electrons.